The lowest BCUT2D eigenvalue weighted by Gasteiger charge is -2.61. The first-order valence-corrected chi connectivity index (χ1v) is 8.33. The van der Waals surface area contributed by atoms with Crippen molar-refractivity contribution < 1.29 is 14.3 Å². The van der Waals surface area contributed by atoms with Gasteiger partial charge in [-0.2, -0.15) is 0 Å². The first kappa shape index (κ1) is 13.6. The molecule has 4 aliphatic rings. The zero-order valence-electron chi connectivity index (χ0n) is 13.8. The number of rotatable bonds is 1. The molecule has 2 aliphatic carbocycles. The molecular weight excluding hydrogens is 290 g/mol. The average Bonchev–Trinajstić information content (AvgIpc) is 2.90. The number of hydrogen-bond donors (Lipinski definition) is 0. The average molecular weight is 311 g/mol. The van der Waals surface area contributed by atoms with E-state index in [-0.39, 0.29) is 16.6 Å². The molecule has 1 saturated heterocycles. The van der Waals surface area contributed by atoms with Gasteiger partial charge >= 0.3 is 0 Å². The van der Waals surface area contributed by atoms with Crippen LogP contribution in [-0.2, 0) is 16.6 Å². The minimum absolute atomic E-state index is 0.0802. The van der Waals surface area contributed by atoms with Gasteiger partial charge in [0.2, 0.25) is 0 Å². The predicted octanol–water partition coefficient (Wildman–Crippen LogP) is 2.10. The van der Waals surface area contributed by atoms with Gasteiger partial charge in [0.05, 0.1) is 12.5 Å². The van der Waals surface area contributed by atoms with E-state index in [4.69, 9.17) is 9.47 Å². The molecule has 2 bridgehead atoms. The maximum atomic E-state index is 12.7. The van der Waals surface area contributed by atoms with Crippen molar-refractivity contribution in [2.45, 2.75) is 37.3 Å². The van der Waals surface area contributed by atoms with Crippen molar-refractivity contribution in [1.29, 1.82) is 0 Å². The number of likely N-dealkylation sites (N-methyl/N-ethyl adjacent to an activating group) is 1. The van der Waals surface area contributed by atoms with Gasteiger partial charge in [0.25, 0.3) is 0 Å². The molecular formula is C19H21NO3. The molecule has 1 fully saturated rings. The van der Waals surface area contributed by atoms with Crippen molar-refractivity contribution in [2.75, 3.05) is 20.7 Å². The van der Waals surface area contributed by atoms with Gasteiger partial charge in [0, 0.05) is 17.0 Å². The maximum Gasteiger partial charge on any atom is 0.196 e. The van der Waals surface area contributed by atoms with Crippen LogP contribution < -0.4 is 9.47 Å². The van der Waals surface area contributed by atoms with Gasteiger partial charge in [-0.15, -0.1) is 0 Å². The van der Waals surface area contributed by atoms with Crippen LogP contribution in [0.2, 0.25) is 0 Å². The molecule has 0 N–H and O–H groups in total. The van der Waals surface area contributed by atoms with E-state index in [2.05, 4.69) is 31.0 Å². The highest BCUT2D eigenvalue weighted by Crippen LogP contribution is 2.66. The molecule has 4 nitrogen and oxygen atoms in total. The molecule has 4 atom stereocenters. The lowest BCUT2D eigenvalue weighted by molar-refractivity contribution is -0.132. The van der Waals surface area contributed by atoms with E-state index in [0.717, 1.165) is 30.9 Å². The summed E-state index contributed by atoms with van der Waals surface area (Å²) in [7, 11) is 3.87. The Balaban J connectivity index is 1.89. The van der Waals surface area contributed by atoms with Crippen LogP contribution in [0.15, 0.2) is 24.3 Å². The number of nitrogens with zero attached hydrogens (tertiary/aromatic N) is 1. The van der Waals surface area contributed by atoms with Gasteiger partial charge in [-0.3, -0.25) is 4.79 Å². The summed E-state index contributed by atoms with van der Waals surface area (Å²) in [5.74, 6) is 1.65. The highest BCUT2D eigenvalue weighted by Gasteiger charge is 2.69. The quantitative estimate of drug-likeness (QED) is 0.796. The Morgan fingerprint density at radius 1 is 1.39 bits per heavy atom. The third-order valence-corrected chi connectivity index (χ3v) is 6.87. The van der Waals surface area contributed by atoms with E-state index >= 15 is 0 Å². The van der Waals surface area contributed by atoms with E-state index in [9.17, 15) is 4.79 Å². The van der Waals surface area contributed by atoms with E-state index in [1.165, 1.54) is 11.1 Å². The molecule has 0 radical (unpaired) electrons. The predicted molar refractivity (Wildman–Crippen MR) is 86.1 cm³/mol. The molecule has 1 aromatic rings. The minimum atomic E-state index is -0.404. The summed E-state index contributed by atoms with van der Waals surface area (Å²) in [4.78, 5) is 15.1. The van der Waals surface area contributed by atoms with E-state index in [0.29, 0.717) is 6.04 Å². The SMILES string of the molecule is COc1ccc2c3c1OC1C(=O)C=CC4(C)C(C2)N(C)CC[C@]314. The molecule has 3 unspecified atom stereocenters. The van der Waals surface area contributed by atoms with Crippen LogP contribution in [0, 0.1) is 5.41 Å². The summed E-state index contributed by atoms with van der Waals surface area (Å²) >= 11 is 0. The van der Waals surface area contributed by atoms with Crippen LogP contribution in [0.1, 0.15) is 24.5 Å². The number of carbonyl (C=O) groups excluding carboxylic acids is 1. The van der Waals surface area contributed by atoms with Crippen molar-refractivity contribution in [3.8, 4) is 11.5 Å². The Hall–Kier alpha value is -1.81. The van der Waals surface area contributed by atoms with Crippen LogP contribution in [0.25, 0.3) is 0 Å². The van der Waals surface area contributed by atoms with Gasteiger partial charge in [0.15, 0.2) is 23.4 Å². The molecule has 0 aromatic heterocycles. The Morgan fingerprint density at radius 2 is 2.22 bits per heavy atom. The number of ether oxygens (including phenoxy) is 2. The third-order valence-electron chi connectivity index (χ3n) is 6.87. The lowest BCUT2D eigenvalue weighted by Crippen LogP contribution is -2.69. The number of ketones is 1. The molecule has 1 spiro atoms. The summed E-state index contributed by atoms with van der Waals surface area (Å²) in [6.45, 7) is 3.31. The Labute approximate surface area is 136 Å². The number of likely N-dealkylation sites (tertiary alicyclic amines) is 1. The fourth-order valence-electron chi connectivity index (χ4n) is 5.71. The van der Waals surface area contributed by atoms with Crippen molar-refractivity contribution in [3.05, 3.63) is 35.4 Å². The first-order chi connectivity index (χ1) is 11.0. The molecule has 120 valence electrons. The maximum absolute atomic E-state index is 12.7. The van der Waals surface area contributed by atoms with Gasteiger partial charge in [-0.1, -0.05) is 19.1 Å². The van der Waals surface area contributed by atoms with Gasteiger partial charge in [-0.25, -0.2) is 0 Å². The second kappa shape index (κ2) is 3.99. The summed E-state index contributed by atoms with van der Waals surface area (Å²) in [6, 6.07) is 4.55. The minimum Gasteiger partial charge on any atom is -0.493 e. The fraction of sp³-hybridized carbons (Fsp3) is 0.526. The number of benzene rings is 1. The monoisotopic (exact) mass is 311 g/mol. The summed E-state index contributed by atoms with van der Waals surface area (Å²) in [5, 5.41) is 0. The number of methoxy groups -OCH3 is 1. The van der Waals surface area contributed by atoms with Crippen molar-refractivity contribution in [2.24, 2.45) is 5.41 Å². The second-order valence-electron chi connectivity index (χ2n) is 7.57. The Kier molecular flexibility index (Phi) is 2.36. The molecule has 23 heavy (non-hydrogen) atoms. The van der Waals surface area contributed by atoms with Gasteiger partial charge in [-0.05, 0) is 44.1 Å². The molecule has 0 saturated carbocycles. The van der Waals surface area contributed by atoms with Crippen molar-refractivity contribution >= 4 is 5.78 Å². The highest BCUT2D eigenvalue weighted by atomic mass is 16.5. The number of piperidine rings is 1. The molecule has 5 rings (SSSR count). The Morgan fingerprint density at radius 3 is 3.00 bits per heavy atom. The van der Waals surface area contributed by atoms with Crippen LogP contribution in [0.4, 0.5) is 0 Å². The van der Waals surface area contributed by atoms with E-state index < -0.39 is 6.10 Å². The summed E-state index contributed by atoms with van der Waals surface area (Å²) < 4.78 is 11.8. The number of carbonyl (C=O) groups is 1. The highest BCUT2D eigenvalue weighted by molar-refractivity contribution is 5.98. The topological polar surface area (TPSA) is 38.8 Å². The second-order valence-corrected chi connectivity index (χ2v) is 7.57. The largest absolute Gasteiger partial charge is 0.493 e. The lowest BCUT2D eigenvalue weighted by atomic mass is 9.46. The van der Waals surface area contributed by atoms with Crippen LogP contribution >= 0.6 is 0 Å². The molecule has 4 heteroatoms. The molecule has 2 heterocycles. The van der Waals surface area contributed by atoms with Crippen LogP contribution in [0.5, 0.6) is 11.5 Å². The van der Waals surface area contributed by atoms with Crippen molar-refractivity contribution in [1.82, 2.24) is 4.90 Å². The smallest absolute Gasteiger partial charge is 0.196 e. The molecule has 0 amide bonds. The van der Waals surface area contributed by atoms with Crippen molar-refractivity contribution in [3.63, 3.8) is 0 Å². The fourth-order valence-corrected chi connectivity index (χ4v) is 5.71. The molecule has 1 aromatic carbocycles. The number of hydrogen-bond acceptors (Lipinski definition) is 4. The molecule has 2 aliphatic heterocycles. The summed E-state index contributed by atoms with van der Waals surface area (Å²) in [6.07, 6.45) is 5.45. The summed E-state index contributed by atoms with van der Waals surface area (Å²) in [5.41, 5.74) is 2.24. The zero-order valence-corrected chi connectivity index (χ0v) is 13.8. The third kappa shape index (κ3) is 1.28. The van der Waals surface area contributed by atoms with Crippen LogP contribution in [-0.4, -0.2) is 43.5 Å². The standard InChI is InChI=1S/C19H21NO3/c1-18-7-6-12(21)17-19(18)8-9-20(2)14(18)10-11-4-5-13(22-3)16(23-17)15(11)19/h4-7,14,17H,8-10H2,1-3H3/t14?,17?,18?,19-/m0/s1. The zero-order chi connectivity index (χ0) is 16.0. The van der Waals surface area contributed by atoms with Crippen LogP contribution in [0.3, 0.4) is 0 Å². The van der Waals surface area contributed by atoms with Gasteiger partial charge in [0.1, 0.15) is 0 Å². The van der Waals surface area contributed by atoms with E-state index in [1.54, 1.807) is 13.2 Å². The van der Waals surface area contributed by atoms with E-state index in [1.807, 2.05) is 6.07 Å². The normalized spacial score (nSPS) is 39.9. The van der Waals surface area contributed by atoms with Gasteiger partial charge < -0.3 is 14.4 Å². The first-order valence-electron chi connectivity index (χ1n) is 8.33. The Bertz CT molecular complexity index is 770.